The fourth-order valence-electron chi connectivity index (χ4n) is 2.36. The van der Waals surface area contributed by atoms with Gasteiger partial charge in [-0.1, -0.05) is 6.92 Å². The topological polar surface area (TPSA) is 69.6 Å². The lowest BCUT2D eigenvalue weighted by Gasteiger charge is -2.11. The second-order valence-corrected chi connectivity index (χ2v) is 5.27. The summed E-state index contributed by atoms with van der Waals surface area (Å²) < 4.78 is 15.1. The quantitative estimate of drug-likeness (QED) is 0.856. The number of aromatic nitrogens is 4. The standard InChI is InChI=1S/C13H16FN5/c1-8(9-2-3-9)7-19-13(16-17-18-19)10-4-11(14)6-12(15)5-10/h4-6,8-9H,2-3,7,15H2,1H3. The third-order valence-electron chi connectivity index (χ3n) is 3.60. The van der Waals surface area contributed by atoms with Crippen LogP contribution in [-0.2, 0) is 6.54 Å². The first-order valence-corrected chi connectivity index (χ1v) is 6.46. The van der Waals surface area contributed by atoms with Gasteiger partial charge in [-0.25, -0.2) is 9.07 Å². The number of rotatable bonds is 4. The Balaban J connectivity index is 1.89. The Bertz CT molecular complexity index is 570. The van der Waals surface area contributed by atoms with Gasteiger partial charge < -0.3 is 5.73 Å². The van der Waals surface area contributed by atoms with Crippen LogP contribution >= 0.6 is 0 Å². The van der Waals surface area contributed by atoms with Gasteiger partial charge in [-0.2, -0.15) is 0 Å². The van der Waals surface area contributed by atoms with Crippen LogP contribution in [0.5, 0.6) is 0 Å². The van der Waals surface area contributed by atoms with Crippen molar-refractivity contribution < 1.29 is 4.39 Å². The highest BCUT2D eigenvalue weighted by atomic mass is 19.1. The van der Waals surface area contributed by atoms with Gasteiger partial charge in [-0.15, -0.1) is 5.10 Å². The van der Waals surface area contributed by atoms with Crippen molar-refractivity contribution in [2.24, 2.45) is 11.8 Å². The maximum atomic E-state index is 13.4. The molecule has 2 N–H and O–H groups in total. The predicted molar refractivity (Wildman–Crippen MR) is 69.5 cm³/mol. The van der Waals surface area contributed by atoms with Gasteiger partial charge in [0.15, 0.2) is 5.82 Å². The van der Waals surface area contributed by atoms with E-state index in [0.29, 0.717) is 23.0 Å². The number of nitrogens with zero attached hydrogens (tertiary/aromatic N) is 4. The third kappa shape index (κ3) is 2.57. The zero-order valence-electron chi connectivity index (χ0n) is 10.8. The molecule has 1 aliphatic rings. The second kappa shape index (κ2) is 4.60. The number of tetrazole rings is 1. The number of nitrogens with two attached hydrogens (primary N) is 1. The monoisotopic (exact) mass is 261 g/mol. The van der Waals surface area contributed by atoms with Crippen molar-refractivity contribution in [3.05, 3.63) is 24.0 Å². The summed E-state index contributed by atoms with van der Waals surface area (Å²) in [5, 5.41) is 11.7. The van der Waals surface area contributed by atoms with Crippen LogP contribution in [0.15, 0.2) is 18.2 Å². The molecule has 1 heterocycles. The van der Waals surface area contributed by atoms with E-state index in [-0.39, 0.29) is 5.82 Å². The van der Waals surface area contributed by atoms with E-state index in [0.717, 1.165) is 12.5 Å². The van der Waals surface area contributed by atoms with Crippen molar-refractivity contribution in [3.63, 3.8) is 0 Å². The molecule has 0 spiro atoms. The molecule has 0 aliphatic heterocycles. The molecule has 1 aromatic heterocycles. The number of hydrogen-bond donors (Lipinski definition) is 1. The number of hydrogen-bond acceptors (Lipinski definition) is 4. The van der Waals surface area contributed by atoms with Crippen LogP contribution in [0, 0.1) is 17.7 Å². The van der Waals surface area contributed by atoms with E-state index in [1.54, 1.807) is 10.7 Å². The predicted octanol–water partition coefficient (Wildman–Crippen LogP) is 2.11. The van der Waals surface area contributed by atoms with Crippen LogP contribution < -0.4 is 5.73 Å². The Morgan fingerprint density at radius 3 is 2.89 bits per heavy atom. The zero-order valence-corrected chi connectivity index (χ0v) is 10.8. The SMILES string of the molecule is CC(Cn1nnnc1-c1cc(N)cc(F)c1)C1CC1. The lowest BCUT2D eigenvalue weighted by molar-refractivity contribution is 0.402. The Kier molecular flexibility index (Phi) is 2.93. The fraction of sp³-hybridized carbons (Fsp3) is 0.462. The highest BCUT2D eigenvalue weighted by molar-refractivity contribution is 5.61. The molecule has 1 aliphatic carbocycles. The van der Waals surface area contributed by atoms with Crippen LogP contribution in [0.3, 0.4) is 0 Å². The molecular formula is C13H16FN5. The van der Waals surface area contributed by atoms with E-state index in [1.807, 2.05) is 0 Å². The molecule has 3 rings (SSSR count). The van der Waals surface area contributed by atoms with Gasteiger partial charge in [-0.3, -0.25) is 0 Å². The molecule has 1 fully saturated rings. The van der Waals surface area contributed by atoms with E-state index < -0.39 is 0 Å². The van der Waals surface area contributed by atoms with Crippen LogP contribution in [0.4, 0.5) is 10.1 Å². The molecular weight excluding hydrogens is 245 g/mol. The average Bonchev–Trinajstić information content (AvgIpc) is 3.09. The normalized spacial score (nSPS) is 16.5. The molecule has 2 aromatic rings. The minimum atomic E-state index is -0.375. The molecule has 1 saturated carbocycles. The summed E-state index contributed by atoms with van der Waals surface area (Å²) in [5.41, 5.74) is 6.65. The molecule has 5 nitrogen and oxygen atoms in total. The van der Waals surface area contributed by atoms with Crippen LogP contribution in [0.25, 0.3) is 11.4 Å². The molecule has 100 valence electrons. The van der Waals surface area contributed by atoms with Crippen molar-refractivity contribution in [3.8, 4) is 11.4 Å². The summed E-state index contributed by atoms with van der Waals surface area (Å²) in [6.07, 6.45) is 2.57. The fourth-order valence-corrected chi connectivity index (χ4v) is 2.36. The summed E-state index contributed by atoms with van der Waals surface area (Å²) in [6, 6.07) is 4.37. The van der Waals surface area contributed by atoms with Gasteiger partial charge in [0, 0.05) is 17.8 Å². The van der Waals surface area contributed by atoms with E-state index in [4.69, 9.17) is 5.73 Å². The van der Waals surface area contributed by atoms with Crippen molar-refractivity contribution in [1.82, 2.24) is 20.2 Å². The van der Waals surface area contributed by atoms with Gasteiger partial charge in [0.05, 0.1) is 0 Å². The lowest BCUT2D eigenvalue weighted by atomic mass is 10.1. The minimum absolute atomic E-state index is 0.375. The molecule has 1 unspecified atom stereocenters. The van der Waals surface area contributed by atoms with Crippen molar-refractivity contribution in [1.29, 1.82) is 0 Å². The Morgan fingerprint density at radius 2 is 2.21 bits per heavy atom. The third-order valence-corrected chi connectivity index (χ3v) is 3.60. The molecule has 19 heavy (non-hydrogen) atoms. The largest absolute Gasteiger partial charge is 0.399 e. The first kappa shape index (κ1) is 12.1. The molecule has 0 amide bonds. The highest BCUT2D eigenvalue weighted by Gasteiger charge is 2.29. The van der Waals surface area contributed by atoms with Gasteiger partial charge in [0.2, 0.25) is 0 Å². The van der Waals surface area contributed by atoms with E-state index >= 15 is 0 Å². The number of nitrogen functional groups attached to an aromatic ring is 1. The Labute approximate surface area is 110 Å². The molecule has 0 bridgehead atoms. The summed E-state index contributed by atoms with van der Waals surface area (Å²) in [6.45, 7) is 2.95. The number of halogens is 1. The molecule has 0 saturated heterocycles. The zero-order chi connectivity index (χ0) is 13.4. The molecule has 0 radical (unpaired) electrons. The molecule has 6 heteroatoms. The van der Waals surface area contributed by atoms with Gasteiger partial charge in [0.1, 0.15) is 5.82 Å². The Hall–Kier alpha value is -1.98. The van der Waals surface area contributed by atoms with E-state index in [2.05, 4.69) is 22.4 Å². The van der Waals surface area contributed by atoms with Gasteiger partial charge in [0.25, 0.3) is 0 Å². The van der Waals surface area contributed by atoms with Crippen molar-refractivity contribution >= 4 is 5.69 Å². The minimum Gasteiger partial charge on any atom is -0.399 e. The van der Waals surface area contributed by atoms with E-state index in [9.17, 15) is 4.39 Å². The molecule has 1 aromatic carbocycles. The van der Waals surface area contributed by atoms with Crippen LogP contribution in [-0.4, -0.2) is 20.2 Å². The summed E-state index contributed by atoms with van der Waals surface area (Å²) in [7, 11) is 0. The number of benzene rings is 1. The maximum Gasteiger partial charge on any atom is 0.182 e. The highest BCUT2D eigenvalue weighted by Crippen LogP contribution is 2.37. The van der Waals surface area contributed by atoms with E-state index in [1.165, 1.54) is 25.0 Å². The van der Waals surface area contributed by atoms with Gasteiger partial charge in [-0.05, 0) is 53.3 Å². The second-order valence-electron chi connectivity index (χ2n) is 5.27. The summed E-state index contributed by atoms with van der Waals surface area (Å²) in [5.74, 6) is 1.50. The first-order chi connectivity index (χ1) is 9.13. The Morgan fingerprint density at radius 1 is 1.42 bits per heavy atom. The van der Waals surface area contributed by atoms with Gasteiger partial charge >= 0.3 is 0 Å². The van der Waals surface area contributed by atoms with Crippen LogP contribution in [0.1, 0.15) is 19.8 Å². The average molecular weight is 261 g/mol. The summed E-state index contributed by atoms with van der Waals surface area (Å²) >= 11 is 0. The van der Waals surface area contributed by atoms with Crippen molar-refractivity contribution in [2.45, 2.75) is 26.3 Å². The maximum absolute atomic E-state index is 13.4. The first-order valence-electron chi connectivity index (χ1n) is 6.46. The smallest absolute Gasteiger partial charge is 0.182 e. The van der Waals surface area contributed by atoms with Crippen LogP contribution in [0.2, 0.25) is 0 Å². The summed E-state index contributed by atoms with van der Waals surface area (Å²) in [4.78, 5) is 0. The molecule has 1 atom stereocenters. The number of anilines is 1. The van der Waals surface area contributed by atoms with Crippen molar-refractivity contribution in [2.75, 3.05) is 5.73 Å². The lowest BCUT2D eigenvalue weighted by Crippen LogP contribution is -2.12.